The minimum Gasteiger partial charge on any atom is -0.307 e. The summed E-state index contributed by atoms with van der Waals surface area (Å²) < 4.78 is 1.94. The van der Waals surface area contributed by atoms with E-state index in [1.54, 1.807) is 0 Å². The molecular weight excluding hydrogens is 892 g/mol. The highest BCUT2D eigenvalue weighted by molar-refractivity contribution is 9.10. The van der Waals surface area contributed by atoms with E-state index in [-0.39, 0.29) is 11.8 Å². The second-order valence-corrected chi connectivity index (χ2v) is 21.1. The van der Waals surface area contributed by atoms with Crippen LogP contribution in [0, 0.1) is 11.8 Å². The lowest BCUT2D eigenvalue weighted by Crippen LogP contribution is -2.34. The van der Waals surface area contributed by atoms with E-state index in [9.17, 15) is 0 Å². The fourth-order valence-electron chi connectivity index (χ4n) is 10.2. The van der Waals surface area contributed by atoms with Gasteiger partial charge in [-0.25, -0.2) is 0 Å². The van der Waals surface area contributed by atoms with Crippen molar-refractivity contribution in [3.05, 3.63) is 56.5 Å². The van der Waals surface area contributed by atoms with E-state index < -0.39 is 0 Å². The molecule has 0 bridgehead atoms. The first-order chi connectivity index (χ1) is 30.3. The molecule has 0 N–H and O–H groups in total. The van der Waals surface area contributed by atoms with Crippen LogP contribution in [0.4, 0.5) is 11.4 Å². The zero-order valence-corrected chi connectivity index (χ0v) is 43.3. The van der Waals surface area contributed by atoms with Gasteiger partial charge in [-0.05, 0) is 61.8 Å². The van der Waals surface area contributed by atoms with E-state index in [0.29, 0.717) is 36.1 Å². The average molecular weight is 981 g/mol. The van der Waals surface area contributed by atoms with Crippen molar-refractivity contribution in [3.63, 3.8) is 0 Å². The van der Waals surface area contributed by atoms with E-state index in [2.05, 4.69) is 93.6 Å². The van der Waals surface area contributed by atoms with Crippen LogP contribution in [0.5, 0.6) is 0 Å². The molecule has 2 aromatic rings. The average Bonchev–Trinajstić information content (AvgIpc) is 3.68. The van der Waals surface area contributed by atoms with Gasteiger partial charge in [0, 0.05) is 33.2 Å². The Bertz CT molecular complexity index is 1500. The number of halogens is 2. The molecule has 2 heterocycles. The van der Waals surface area contributed by atoms with Gasteiger partial charge >= 0.3 is 0 Å². The maximum atomic E-state index is 15.1. The van der Waals surface area contributed by atoms with Crippen LogP contribution in [-0.2, 0) is 9.59 Å². The molecular formula is C56H88Br2N2O2. The Balaban J connectivity index is 1.57. The number of carbonyl (C=O) groups is 2. The Morgan fingerprint density at radius 2 is 0.645 bits per heavy atom. The SMILES string of the molecule is CCCCCCCCCC[C@@H](CCCCCCCC)CN1C(=O)/C(=C2/C(=O)N(C[C@@H](CCCCCCCC)CCCCCCCCCC)c3cc(Br)ccc32)c2ccc(Br)cc21. The number of hydrogen-bond donors (Lipinski definition) is 0. The van der Waals surface area contributed by atoms with Gasteiger partial charge in [0.2, 0.25) is 0 Å². The van der Waals surface area contributed by atoms with Crippen LogP contribution >= 0.6 is 31.9 Å². The summed E-state index contributed by atoms with van der Waals surface area (Å²) >= 11 is 7.53. The Kier molecular flexibility index (Phi) is 26.4. The summed E-state index contributed by atoms with van der Waals surface area (Å²) in [6.45, 7) is 10.6. The summed E-state index contributed by atoms with van der Waals surface area (Å²) in [7, 11) is 0. The first-order valence-electron chi connectivity index (χ1n) is 26.3. The predicted molar refractivity (Wildman–Crippen MR) is 277 cm³/mol. The number of benzene rings is 2. The van der Waals surface area contributed by atoms with Gasteiger partial charge in [-0.1, -0.05) is 251 Å². The van der Waals surface area contributed by atoms with E-state index >= 15 is 9.59 Å². The first kappa shape index (κ1) is 52.7. The van der Waals surface area contributed by atoms with Gasteiger partial charge < -0.3 is 9.80 Å². The minimum atomic E-state index is 0.00334. The van der Waals surface area contributed by atoms with E-state index in [1.807, 2.05) is 12.1 Å². The summed E-state index contributed by atoms with van der Waals surface area (Å²) in [5, 5.41) is 0. The molecule has 348 valence electrons. The van der Waals surface area contributed by atoms with Gasteiger partial charge in [0.1, 0.15) is 0 Å². The van der Waals surface area contributed by atoms with Crippen molar-refractivity contribution in [2.45, 2.75) is 233 Å². The lowest BCUT2D eigenvalue weighted by Gasteiger charge is -2.25. The molecule has 0 spiro atoms. The highest BCUT2D eigenvalue weighted by atomic mass is 79.9. The Morgan fingerprint density at radius 3 is 0.919 bits per heavy atom. The highest BCUT2D eigenvalue weighted by Gasteiger charge is 2.43. The topological polar surface area (TPSA) is 40.6 Å². The zero-order valence-electron chi connectivity index (χ0n) is 40.1. The second kappa shape index (κ2) is 31.1. The van der Waals surface area contributed by atoms with Crippen molar-refractivity contribution in [1.82, 2.24) is 0 Å². The third-order valence-corrected chi connectivity index (χ3v) is 14.9. The maximum Gasteiger partial charge on any atom is 0.259 e. The number of nitrogens with zero attached hydrogens (tertiary/aromatic N) is 2. The number of fused-ring (bicyclic) bond motifs is 2. The number of unbranched alkanes of at least 4 members (excludes halogenated alkanes) is 24. The first-order valence-corrected chi connectivity index (χ1v) is 27.9. The third-order valence-electron chi connectivity index (χ3n) is 14.0. The molecule has 0 saturated heterocycles. The minimum absolute atomic E-state index is 0.00334. The third kappa shape index (κ3) is 17.5. The fourth-order valence-corrected chi connectivity index (χ4v) is 10.9. The zero-order chi connectivity index (χ0) is 44.4. The van der Waals surface area contributed by atoms with Gasteiger partial charge in [0.05, 0.1) is 22.5 Å². The molecule has 4 nitrogen and oxygen atoms in total. The highest BCUT2D eigenvalue weighted by Crippen LogP contribution is 2.48. The van der Waals surface area contributed by atoms with Gasteiger partial charge in [-0.15, -0.1) is 0 Å². The van der Waals surface area contributed by atoms with Crippen molar-refractivity contribution >= 4 is 66.2 Å². The molecule has 2 aromatic carbocycles. The summed E-state index contributed by atoms with van der Waals surface area (Å²) in [5.41, 5.74) is 4.93. The van der Waals surface area contributed by atoms with Gasteiger partial charge in [-0.3, -0.25) is 9.59 Å². The van der Waals surface area contributed by atoms with Crippen LogP contribution in [0.1, 0.15) is 244 Å². The van der Waals surface area contributed by atoms with E-state index in [4.69, 9.17) is 0 Å². The Labute approximate surface area is 397 Å². The molecule has 2 aliphatic rings. The predicted octanol–water partition coefficient (Wildman–Crippen LogP) is 18.6. The fraction of sp³-hybridized carbons (Fsp3) is 0.714. The lowest BCUT2D eigenvalue weighted by molar-refractivity contribution is -0.114. The number of amides is 2. The molecule has 0 radical (unpaired) electrons. The van der Waals surface area contributed by atoms with Crippen LogP contribution in [0.2, 0.25) is 0 Å². The van der Waals surface area contributed by atoms with Crippen molar-refractivity contribution in [1.29, 1.82) is 0 Å². The molecule has 2 aliphatic heterocycles. The molecule has 0 fully saturated rings. The van der Waals surface area contributed by atoms with Crippen LogP contribution < -0.4 is 9.80 Å². The Hall–Kier alpha value is -1.92. The van der Waals surface area contributed by atoms with Crippen LogP contribution in [0.3, 0.4) is 0 Å². The quantitative estimate of drug-likeness (QED) is 0.0504. The largest absolute Gasteiger partial charge is 0.307 e. The molecule has 0 unspecified atom stereocenters. The normalized spacial score (nSPS) is 15.8. The molecule has 2 atom stereocenters. The van der Waals surface area contributed by atoms with E-state index in [0.717, 1.165) is 57.1 Å². The van der Waals surface area contributed by atoms with Crippen molar-refractivity contribution in [2.24, 2.45) is 11.8 Å². The van der Waals surface area contributed by atoms with Gasteiger partial charge in [0.25, 0.3) is 11.8 Å². The van der Waals surface area contributed by atoms with Crippen LogP contribution in [-0.4, -0.2) is 24.9 Å². The van der Waals surface area contributed by atoms with Crippen LogP contribution in [0.15, 0.2) is 45.3 Å². The standard InChI is InChI=1S/C56H88Br2N2O2/c1-5-9-13-17-21-23-27-31-35-45(33-29-25-19-15-11-7-3)43-59-51-41-47(57)37-39-49(51)53(55(59)61)54-50-40-38-48(58)42-52(50)60(56(54)62)44-46(34-30-26-20-16-12-8-4)36-32-28-24-22-18-14-10-6-2/h37-42,45-46H,5-36,43-44H2,1-4H3/b54-53+/t45-,46+. The van der Waals surface area contributed by atoms with E-state index in [1.165, 1.54) is 180 Å². The maximum absolute atomic E-state index is 15.1. The molecule has 62 heavy (non-hydrogen) atoms. The van der Waals surface area contributed by atoms with Crippen molar-refractivity contribution in [3.8, 4) is 0 Å². The smallest absolute Gasteiger partial charge is 0.259 e. The second-order valence-electron chi connectivity index (χ2n) is 19.3. The molecule has 2 amide bonds. The van der Waals surface area contributed by atoms with Gasteiger partial charge in [-0.2, -0.15) is 0 Å². The summed E-state index contributed by atoms with van der Waals surface area (Å²) in [4.78, 5) is 34.3. The van der Waals surface area contributed by atoms with Crippen molar-refractivity contribution in [2.75, 3.05) is 22.9 Å². The summed E-state index contributed by atoms with van der Waals surface area (Å²) in [6.07, 6.45) is 41.1. The van der Waals surface area contributed by atoms with Crippen molar-refractivity contribution < 1.29 is 9.59 Å². The molecule has 4 rings (SSSR count). The number of carbonyl (C=O) groups excluding carboxylic acids is 2. The monoisotopic (exact) mass is 979 g/mol. The lowest BCUT2D eigenvalue weighted by atomic mass is 9.93. The Morgan fingerprint density at radius 1 is 0.387 bits per heavy atom. The van der Waals surface area contributed by atoms with Crippen LogP contribution in [0.25, 0.3) is 11.1 Å². The summed E-state index contributed by atoms with van der Waals surface area (Å²) in [6, 6.07) is 12.5. The molecule has 0 aromatic heterocycles. The number of anilines is 2. The van der Waals surface area contributed by atoms with Gasteiger partial charge in [0.15, 0.2) is 0 Å². The summed E-state index contributed by atoms with van der Waals surface area (Å²) in [5.74, 6) is 0.895. The molecule has 0 aliphatic carbocycles. The molecule has 0 saturated carbocycles. The number of hydrogen-bond acceptors (Lipinski definition) is 2. The molecule has 6 heteroatoms. The number of rotatable bonds is 36.